The van der Waals surface area contributed by atoms with Crippen LogP contribution in [0, 0.1) is 0 Å². The number of hydrogen-bond donors (Lipinski definition) is 13. The van der Waals surface area contributed by atoms with E-state index in [1.54, 1.807) is 0 Å². The predicted molar refractivity (Wildman–Crippen MR) is 131 cm³/mol. The van der Waals surface area contributed by atoms with Crippen molar-refractivity contribution in [2.45, 2.75) is 111 Å². The molecule has 234 valence electrons. The van der Waals surface area contributed by atoms with Crippen LogP contribution in [0.4, 0.5) is 0 Å². The summed E-state index contributed by atoms with van der Waals surface area (Å²) in [5.41, 5.74) is 23.1. The molecular weight excluding hydrogens is 542 g/mol. The summed E-state index contributed by atoms with van der Waals surface area (Å²) in [7, 11) is 0. The average molecular weight is 586 g/mol. The van der Waals surface area contributed by atoms with Gasteiger partial charge in [-0.25, -0.2) is 0 Å². The molecule has 18 heteroatoms. The molecule has 3 fully saturated rings. The molecule has 0 aromatic carbocycles. The van der Waals surface area contributed by atoms with Crippen molar-refractivity contribution in [3.05, 3.63) is 0 Å². The van der Waals surface area contributed by atoms with E-state index in [-0.39, 0.29) is 25.9 Å². The summed E-state index contributed by atoms with van der Waals surface area (Å²) in [5, 5.41) is 84.9. The Kier molecular flexibility index (Phi) is 11.9. The molecule has 3 rings (SSSR count). The lowest BCUT2D eigenvalue weighted by Crippen LogP contribution is -2.69. The fourth-order valence-electron chi connectivity index (χ4n) is 5.07. The van der Waals surface area contributed by atoms with E-state index in [2.05, 4.69) is 5.32 Å². The second-order valence-electron chi connectivity index (χ2n) is 10.3. The molecule has 1 amide bonds. The lowest BCUT2D eigenvalue weighted by atomic mass is 9.83. The zero-order valence-electron chi connectivity index (χ0n) is 21.7. The molecule has 0 aromatic rings. The van der Waals surface area contributed by atoms with Gasteiger partial charge in [0.25, 0.3) is 0 Å². The first-order valence-corrected chi connectivity index (χ1v) is 13.1. The highest BCUT2D eigenvalue weighted by Crippen LogP contribution is 2.32. The largest absolute Gasteiger partial charge is 0.394 e. The fourth-order valence-corrected chi connectivity index (χ4v) is 5.07. The normalized spacial score (nSPS) is 47.0. The van der Waals surface area contributed by atoms with E-state index in [1.165, 1.54) is 0 Å². The third kappa shape index (κ3) is 7.06. The van der Waals surface area contributed by atoms with Crippen LogP contribution >= 0.6 is 0 Å². The summed E-state index contributed by atoms with van der Waals surface area (Å²) < 4.78 is 22.5. The number of carbonyl (C=O) groups excluding carboxylic acids is 1. The molecule has 0 aromatic heterocycles. The highest BCUT2D eigenvalue weighted by molar-refractivity contribution is 5.80. The first kappa shape index (κ1) is 33.3. The number of aliphatic hydroxyl groups excluding tert-OH is 8. The average Bonchev–Trinajstić information content (AvgIpc) is 2.92. The van der Waals surface area contributed by atoms with Gasteiger partial charge in [0.05, 0.1) is 18.7 Å². The maximum atomic E-state index is 12.6. The maximum Gasteiger partial charge on any atom is 0.249 e. The maximum absolute atomic E-state index is 12.6. The van der Waals surface area contributed by atoms with E-state index in [4.69, 9.17) is 41.9 Å². The molecule has 0 unspecified atom stereocenters. The van der Waals surface area contributed by atoms with E-state index in [0.717, 1.165) is 0 Å². The van der Waals surface area contributed by atoms with Crippen LogP contribution in [0.5, 0.6) is 0 Å². The van der Waals surface area contributed by atoms with Gasteiger partial charge < -0.3 is 88.1 Å². The van der Waals surface area contributed by atoms with Crippen LogP contribution in [-0.4, -0.2) is 164 Å². The van der Waals surface area contributed by atoms with Crippen LogP contribution in [0.1, 0.15) is 12.8 Å². The number of aliphatic hydroxyl groups is 8. The minimum absolute atomic E-state index is 0.0101. The quantitative estimate of drug-likeness (QED) is 0.113. The summed E-state index contributed by atoms with van der Waals surface area (Å²) in [4.78, 5) is 12.6. The molecule has 1 saturated carbocycles. The molecule has 2 saturated heterocycles. The summed E-state index contributed by atoms with van der Waals surface area (Å²) in [5.74, 6) is -0.845. The van der Waals surface area contributed by atoms with Gasteiger partial charge in [-0.15, -0.1) is 0 Å². The second-order valence-corrected chi connectivity index (χ2v) is 10.3. The Labute approximate surface area is 229 Å². The van der Waals surface area contributed by atoms with Gasteiger partial charge in [0.2, 0.25) is 5.91 Å². The lowest BCUT2D eigenvalue weighted by molar-refractivity contribution is -0.332. The van der Waals surface area contributed by atoms with Gasteiger partial charge in [0, 0.05) is 12.6 Å². The number of ether oxygens (including phenoxy) is 4. The zero-order chi connectivity index (χ0) is 29.9. The molecule has 17 N–H and O–H groups in total. The predicted octanol–water partition coefficient (Wildman–Crippen LogP) is -8.42. The van der Waals surface area contributed by atoms with Crippen molar-refractivity contribution < 1.29 is 64.6 Å². The van der Waals surface area contributed by atoms with Gasteiger partial charge in [-0.05, 0) is 19.4 Å². The summed E-state index contributed by atoms with van der Waals surface area (Å²) in [6.07, 6.45) is -19.8. The molecule has 1 aliphatic carbocycles. The molecule has 0 radical (unpaired) electrons. The summed E-state index contributed by atoms with van der Waals surface area (Å²) in [6.45, 7) is -0.898. The van der Waals surface area contributed by atoms with Crippen LogP contribution in [0.15, 0.2) is 0 Å². The standard InChI is InChI=1S/C22H43N5O13/c23-2-1-8(29)20(36)27-7-3-6(25)18(39-22-16(34)15(33)13(31)9(4-24)37-22)17(35)19(7)40-21-14(32)11(26)12(30)10(5-28)38-21/h6-19,21-22,28-35H,1-5,23-26H2,(H,27,36)/t6-,7+,8+,9-,10-,11+,12+,13+,14+,15+,16+,17-,18+,19+,21+,22+/m0/s1. The number of amides is 1. The Bertz CT molecular complexity index is 815. The Morgan fingerprint density at radius 2 is 1.45 bits per heavy atom. The van der Waals surface area contributed by atoms with E-state index < -0.39 is 110 Å². The monoisotopic (exact) mass is 585 g/mol. The molecule has 2 heterocycles. The van der Waals surface area contributed by atoms with Gasteiger partial charge in [0.1, 0.15) is 67.1 Å². The minimum atomic E-state index is -1.76. The van der Waals surface area contributed by atoms with Gasteiger partial charge >= 0.3 is 0 Å². The first-order valence-electron chi connectivity index (χ1n) is 13.1. The van der Waals surface area contributed by atoms with Crippen molar-refractivity contribution in [3.63, 3.8) is 0 Å². The number of rotatable bonds is 10. The fraction of sp³-hybridized carbons (Fsp3) is 0.955. The molecule has 2 aliphatic heterocycles. The van der Waals surface area contributed by atoms with Crippen molar-refractivity contribution in [3.8, 4) is 0 Å². The topological polar surface area (TPSA) is 332 Å². The molecule has 3 aliphatic rings. The summed E-state index contributed by atoms with van der Waals surface area (Å²) >= 11 is 0. The molecule has 40 heavy (non-hydrogen) atoms. The van der Waals surface area contributed by atoms with E-state index in [1.807, 2.05) is 0 Å². The third-order valence-corrected chi connectivity index (χ3v) is 7.51. The van der Waals surface area contributed by atoms with E-state index in [9.17, 15) is 45.6 Å². The summed E-state index contributed by atoms with van der Waals surface area (Å²) in [6, 6.07) is -3.45. The smallest absolute Gasteiger partial charge is 0.249 e. The Morgan fingerprint density at radius 3 is 2.05 bits per heavy atom. The van der Waals surface area contributed by atoms with Gasteiger partial charge in [0.15, 0.2) is 12.6 Å². The molecule has 18 nitrogen and oxygen atoms in total. The van der Waals surface area contributed by atoms with Gasteiger partial charge in [-0.1, -0.05) is 0 Å². The second kappa shape index (κ2) is 14.3. The van der Waals surface area contributed by atoms with Crippen molar-refractivity contribution >= 4 is 5.91 Å². The minimum Gasteiger partial charge on any atom is -0.394 e. The van der Waals surface area contributed by atoms with Crippen LogP contribution < -0.4 is 28.3 Å². The highest BCUT2D eigenvalue weighted by Gasteiger charge is 2.52. The molecular formula is C22H43N5O13. The van der Waals surface area contributed by atoms with Crippen LogP contribution in [-0.2, 0) is 23.7 Å². The number of hydrogen-bond acceptors (Lipinski definition) is 17. The van der Waals surface area contributed by atoms with Crippen LogP contribution in [0.2, 0.25) is 0 Å². The van der Waals surface area contributed by atoms with Crippen LogP contribution in [0.3, 0.4) is 0 Å². The molecule has 0 spiro atoms. The Morgan fingerprint density at radius 1 is 0.850 bits per heavy atom. The van der Waals surface area contributed by atoms with Gasteiger partial charge in [-0.2, -0.15) is 0 Å². The van der Waals surface area contributed by atoms with Gasteiger partial charge in [-0.3, -0.25) is 4.79 Å². The first-order chi connectivity index (χ1) is 18.9. The van der Waals surface area contributed by atoms with Crippen molar-refractivity contribution in [2.75, 3.05) is 19.7 Å². The Hall–Kier alpha value is -1.17. The van der Waals surface area contributed by atoms with Crippen LogP contribution in [0.25, 0.3) is 0 Å². The van der Waals surface area contributed by atoms with Crippen molar-refractivity contribution in [1.29, 1.82) is 0 Å². The SMILES string of the molecule is NCC[C@@H](O)C(=O)N[C@@H]1C[C@H](N)[C@@H](O[C@H]2O[C@@H](CN)[C@@H](O)[C@@H](O)[C@H]2O)[C@H](O)[C@@H]1O[C@H]1O[C@@H](CO)[C@@H](O)[C@@H](N)[C@H]1O. The van der Waals surface area contributed by atoms with E-state index in [0.29, 0.717) is 0 Å². The van der Waals surface area contributed by atoms with E-state index >= 15 is 0 Å². The number of carbonyl (C=O) groups is 1. The highest BCUT2D eigenvalue weighted by atomic mass is 16.7. The zero-order valence-corrected chi connectivity index (χ0v) is 21.7. The number of nitrogens with two attached hydrogens (primary N) is 4. The van der Waals surface area contributed by atoms with Crippen molar-refractivity contribution in [1.82, 2.24) is 5.32 Å². The number of nitrogens with one attached hydrogen (secondary N) is 1. The van der Waals surface area contributed by atoms with Crippen molar-refractivity contribution in [2.24, 2.45) is 22.9 Å². The molecule has 0 bridgehead atoms. The molecule has 16 atom stereocenters. The lowest BCUT2D eigenvalue weighted by Gasteiger charge is -2.49. The third-order valence-electron chi connectivity index (χ3n) is 7.51. The Balaban J connectivity index is 1.85.